The number of hydrogen-bond acceptors (Lipinski definition) is 8. The summed E-state index contributed by atoms with van der Waals surface area (Å²) in [5.41, 5.74) is 2.06. The predicted molar refractivity (Wildman–Crippen MR) is 154 cm³/mol. The van der Waals surface area contributed by atoms with Crippen LogP contribution in [0.2, 0.25) is 0 Å². The summed E-state index contributed by atoms with van der Waals surface area (Å²) >= 11 is 1.20. The van der Waals surface area contributed by atoms with Crippen LogP contribution in [-0.2, 0) is 9.53 Å². The molecular formula is C31H28N2O7S. The predicted octanol–water partition coefficient (Wildman–Crippen LogP) is 4.54. The van der Waals surface area contributed by atoms with Crippen molar-refractivity contribution < 1.29 is 28.6 Å². The number of fused-ring (bicyclic) bond motifs is 1. The largest absolute Gasteiger partial charge is 0.494 e. The maximum Gasteiger partial charge on any atom is 0.338 e. The van der Waals surface area contributed by atoms with E-state index in [0.717, 1.165) is 5.56 Å². The number of hydrogen-bond donors (Lipinski definition) is 1. The SMILES string of the molecule is CCOc1ccc([C@@H]2C(C(=O)OC(C)C)=C(C)N=c3s/c(=C/c4ccc(-c5ccc(C(=O)O)cc5)o4)c(=O)n32)cc1. The van der Waals surface area contributed by atoms with Gasteiger partial charge in [0.15, 0.2) is 4.80 Å². The molecule has 1 N–H and O–H groups in total. The van der Waals surface area contributed by atoms with Crippen molar-refractivity contribution >= 4 is 29.4 Å². The molecule has 1 aliphatic rings. The van der Waals surface area contributed by atoms with Gasteiger partial charge in [-0.2, -0.15) is 0 Å². The summed E-state index contributed by atoms with van der Waals surface area (Å²) in [6, 6.07) is 16.4. The first-order chi connectivity index (χ1) is 19.7. The quantitative estimate of drug-likeness (QED) is 0.308. The van der Waals surface area contributed by atoms with Gasteiger partial charge in [0, 0.05) is 11.6 Å². The van der Waals surface area contributed by atoms with Gasteiger partial charge in [-0.25, -0.2) is 14.6 Å². The molecule has 0 saturated carbocycles. The number of aromatic carboxylic acids is 1. The highest BCUT2D eigenvalue weighted by Gasteiger charge is 2.33. The van der Waals surface area contributed by atoms with Crippen molar-refractivity contribution in [3.63, 3.8) is 0 Å². The van der Waals surface area contributed by atoms with Gasteiger partial charge in [-0.15, -0.1) is 0 Å². The van der Waals surface area contributed by atoms with E-state index in [4.69, 9.17) is 19.0 Å². The summed E-state index contributed by atoms with van der Waals surface area (Å²) in [4.78, 5) is 43.3. The van der Waals surface area contributed by atoms with Crippen molar-refractivity contribution in [1.29, 1.82) is 0 Å². The maximum atomic E-state index is 13.8. The molecule has 0 amide bonds. The molecule has 0 radical (unpaired) electrons. The van der Waals surface area contributed by atoms with Gasteiger partial charge in [0.1, 0.15) is 17.3 Å². The van der Waals surface area contributed by atoms with Gasteiger partial charge in [-0.05, 0) is 69.7 Å². The van der Waals surface area contributed by atoms with Gasteiger partial charge < -0.3 is 19.0 Å². The summed E-state index contributed by atoms with van der Waals surface area (Å²) < 4.78 is 19.0. The molecular weight excluding hydrogens is 544 g/mol. The molecule has 0 saturated heterocycles. The highest BCUT2D eigenvalue weighted by Crippen LogP contribution is 2.32. The molecule has 5 rings (SSSR count). The minimum absolute atomic E-state index is 0.177. The van der Waals surface area contributed by atoms with Crippen LogP contribution in [0, 0.1) is 0 Å². The summed E-state index contributed by atoms with van der Waals surface area (Å²) in [7, 11) is 0. The Balaban J connectivity index is 1.58. The first-order valence-corrected chi connectivity index (χ1v) is 13.9. The molecule has 0 bridgehead atoms. The van der Waals surface area contributed by atoms with Crippen molar-refractivity contribution in [2.45, 2.75) is 39.8 Å². The van der Waals surface area contributed by atoms with Crippen molar-refractivity contribution in [2.24, 2.45) is 4.99 Å². The maximum absolute atomic E-state index is 13.8. The van der Waals surface area contributed by atoms with E-state index in [9.17, 15) is 14.4 Å². The van der Waals surface area contributed by atoms with Crippen LogP contribution >= 0.6 is 11.3 Å². The number of rotatable bonds is 8. The van der Waals surface area contributed by atoms with Crippen LogP contribution in [0.25, 0.3) is 17.4 Å². The zero-order chi connectivity index (χ0) is 29.3. The van der Waals surface area contributed by atoms with Gasteiger partial charge in [0.05, 0.1) is 40.1 Å². The number of aromatic nitrogens is 1. The van der Waals surface area contributed by atoms with Gasteiger partial charge in [-0.1, -0.05) is 35.6 Å². The number of thiazole rings is 1. The van der Waals surface area contributed by atoms with Gasteiger partial charge in [-0.3, -0.25) is 9.36 Å². The van der Waals surface area contributed by atoms with Crippen LogP contribution in [-0.4, -0.2) is 34.3 Å². The second kappa shape index (κ2) is 11.4. The first-order valence-electron chi connectivity index (χ1n) is 13.1. The fourth-order valence-corrected chi connectivity index (χ4v) is 5.61. The number of carboxylic acid groups (broad SMARTS) is 1. The lowest BCUT2D eigenvalue weighted by Crippen LogP contribution is -2.40. The Bertz CT molecular complexity index is 1820. The lowest BCUT2D eigenvalue weighted by Gasteiger charge is -2.25. The number of esters is 1. The Morgan fingerprint density at radius 2 is 1.80 bits per heavy atom. The summed E-state index contributed by atoms with van der Waals surface area (Å²) in [5.74, 6) is 0.121. The van der Waals surface area contributed by atoms with E-state index in [-0.39, 0.29) is 17.2 Å². The molecule has 1 atom stereocenters. The number of allylic oxidation sites excluding steroid dienone is 1. The third-order valence-corrected chi connectivity index (χ3v) is 7.39. The number of carboxylic acids is 1. The monoisotopic (exact) mass is 572 g/mol. The molecule has 4 aromatic rings. The average molecular weight is 573 g/mol. The van der Waals surface area contributed by atoms with E-state index in [1.807, 2.05) is 31.2 Å². The van der Waals surface area contributed by atoms with E-state index in [1.165, 1.54) is 28.0 Å². The van der Waals surface area contributed by atoms with E-state index < -0.39 is 18.0 Å². The van der Waals surface area contributed by atoms with E-state index in [1.54, 1.807) is 51.1 Å². The minimum Gasteiger partial charge on any atom is -0.494 e. The summed E-state index contributed by atoms with van der Waals surface area (Å²) in [6.45, 7) is 7.70. The molecule has 1 aliphatic heterocycles. The van der Waals surface area contributed by atoms with Crippen LogP contribution in [0.4, 0.5) is 0 Å². The minimum atomic E-state index is -1.01. The molecule has 0 unspecified atom stereocenters. The van der Waals surface area contributed by atoms with Crippen molar-refractivity contribution in [3.05, 3.63) is 109 Å². The second-order valence-electron chi connectivity index (χ2n) is 9.62. The smallest absolute Gasteiger partial charge is 0.338 e. The molecule has 41 heavy (non-hydrogen) atoms. The number of ether oxygens (including phenoxy) is 2. The first kappa shape index (κ1) is 27.9. The summed E-state index contributed by atoms with van der Waals surface area (Å²) in [6.07, 6.45) is 1.29. The third kappa shape index (κ3) is 5.64. The Kier molecular flexibility index (Phi) is 7.76. The highest BCUT2D eigenvalue weighted by molar-refractivity contribution is 7.07. The lowest BCUT2D eigenvalue weighted by molar-refractivity contribution is -0.143. The topological polar surface area (TPSA) is 120 Å². The molecule has 0 aliphatic carbocycles. The fraction of sp³-hybridized carbons (Fsp3) is 0.226. The lowest BCUT2D eigenvalue weighted by atomic mass is 9.96. The highest BCUT2D eigenvalue weighted by atomic mass is 32.1. The molecule has 0 fully saturated rings. The zero-order valence-electron chi connectivity index (χ0n) is 22.9. The van der Waals surface area contributed by atoms with Crippen LogP contribution in [0.3, 0.4) is 0 Å². The number of carbonyl (C=O) groups excluding carboxylic acids is 1. The third-order valence-electron chi connectivity index (χ3n) is 6.41. The van der Waals surface area contributed by atoms with E-state index >= 15 is 0 Å². The van der Waals surface area contributed by atoms with Crippen molar-refractivity contribution in [3.8, 4) is 17.1 Å². The van der Waals surface area contributed by atoms with Gasteiger partial charge in [0.2, 0.25) is 0 Å². The normalized spacial score (nSPS) is 15.0. The van der Waals surface area contributed by atoms with Crippen LogP contribution in [0.1, 0.15) is 55.4 Å². The van der Waals surface area contributed by atoms with Gasteiger partial charge >= 0.3 is 11.9 Å². The standard InChI is InChI=1S/C31H28N2O7S/c1-5-38-22-12-10-20(11-13-22)27-26(30(37)39-17(2)3)18(4)32-31-33(27)28(34)25(41-31)16-23-14-15-24(40-23)19-6-8-21(9-7-19)29(35)36/h6-17,27H,5H2,1-4H3,(H,35,36)/b25-16+/t27-/m1/s1. The van der Waals surface area contributed by atoms with E-state index in [0.29, 0.717) is 50.0 Å². The number of nitrogens with zero attached hydrogens (tertiary/aromatic N) is 2. The molecule has 2 aromatic carbocycles. The van der Waals surface area contributed by atoms with Crippen LogP contribution in [0.15, 0.2) is 86.1 Å². The molecule has 9 nitrogen and oxygen atoms in total. The van der Waals surface area contributed by atoms with Crippen LogP contribution < -0.4 is 19.6 Å². The van der Waals surface area contributed by atoms with Crippen molar-refractivity contribution in [2.75, 3.05) is 6.61 Å². The second-order valence-corrected chi connectivity index (χ2v) is 10.6. The molecule has 0 spiro atoms. The molecule has 2 aromatic heterocycles. The Morgan fingerprint density at radius 1 is 1.10 bits per heavy atom. The van der Waals surface area contributed by atoms with Crippen LogP contribution in [0.5, 0.6) is 5.75 Å². The number of carbonyl (C=O) groups is 2. The Labute approximate surface area is 239 Å². The van der Waals surface area contributed by atoms with E-state index in [2.05, 4.69) is 4.99 Å². The zero-order valence-corrected chi connectivity index (χ0v) is 23.7. The fourth-order valence-electron chi connectivity index (χ4n) is 4.58. The van der Waals surface area contributed by atoms with Crippen molar-refractivity contribution in [1.82, 2.24) is 4.57 Å². The molecule has 10 heteroatoms. The van der Waals surface area contributed by atoms with Gasteiger partial charge in [0.25, 0.3) is 5.56 Å². The number of furan rings is 1. The average Bonchev–Trinajstić information content (AvgIpc) is 3.52. The Hall–Kier alpha value is -4.70. The molecule has 3 heterocycles. The number of benzene rings is 2. The molecule has 210 valence electrons. The summed E-state index contributed by atoms with van der Waals surface area (Å²) in [5, 5.41) is 9.14. The Morgan fingerprint density at radius 3 is 2.44 bits per heavy atom.